The number of imide groups is 1. The molecule has 3 aromatic rings. The number of nitrogens with zero attached hydrogens (tertiary/aromatic N) is 1. The molecule has 3 aromatic carbocycles. The van der Waals surface area contributed by atoms with Gasteiger partial charge in [-0.2, -0.15) is 0 Å². The quantitative estimate of drug-likeness (QED) is 0.562. The monoisotopic (exact) mass is 463 g/mol. The van der Waals surface area contributed by atoms with Crippen LogP contribution in [0.2, 0.25) is 0 Å². The van der Waals surface area contributed by atoms with E-state index in [9.17, 15) is 22.8 Å². The predicted molar refractivity (Wildman–Crippen MR) is 124 cm³/mol. The van der Waals surface area contributed by atoms with Crippen molar-refractivity contribution >= 4 is 39.1 Å². The molecule has 1 aliphatic heterocycles. The molecule has 0 saturated heterocycles. The van der Waals surface area contributed by atoms with E-state index >= 15 is 0 Å². The molecule has 3 amide bonds. The summed E-state index contributed by atoms with van der Waals surface area (Å²) in [6.07, 6.45) is 0. The fourth-order valence-corrected chi connectivity index (χ4v) is 4.49. The number of nitrogens with one attached hydrogen (secondary N) is 2. The number of carbonyl (C=O) groups is 3. The van der Waals surface area contributed by atoms with Crippen LogP contribution in [-0.2, 0) is 10.0 Å². The van der Waals surface area contributed by atoms with Crippen LogP contribution in [-0.4, -0.2) is 38.1 Å². The molecular weight excluding hydrogens is 442 g/mol. The molecule has 0 atom stereocenters. The van der Waals surface area contributed by atoms with Crippen LogP contribution in [0.25, 0.3) is 0 Å². The summed E-state index contributed by atoms with van der Waals surface area (Å²) in [5.74, 6) is -1.36. The van der Waals surface area contributed by atoms with Gasteiger partial charge in [-0.3, -0.25) is 24.0 Å². The molecule has 168 valence electrons. The van der Waals surface area contributed by atoms with Crippen molar-refractivity contribution in [2.45, 2.75) is 18.7 Å². The van der Waals surface area contributed by atoms with Crippen LogP contribution in [0.4, 0.5) is 11.4 Å². The molecule has 0 saturated carbocycles. The van der Waals surface area contributed by atoms with Crippen LogP contribution >= 0.6 is 0 Å². The van der Waals surface area contributed by atoms with Crippen LogP contribution in [0.3, 0.4) is 0 Å². The summed E-state index contributed by atoms with van der Waals surface area (Å²) in [6, 6.07) is 15.3. The summed E-state index contributed by atoms with van der Waals surface area (Å²) in [5, 5.41) is 2.66. The Morgan fingerprint density at radius 3 is 2.09 bits per heavy atom. The molecule has 33 heavy (non-hydrogen) atoms. The standard InChI is InChI=1S/C24H21N3O5S/c1-14-4-6-18(12-15(14)2)26-33(31,32)19-9-7-17(8-10-19)25-22(28)16-5-11-20-21(13-16)24(30)27(3)23(20)29/h4-13,26H,1-3H3,(H,25,28). The van der Waals surface area contributed by atoms with Gasteiger partial charge in [-0.25, -0.2) is 8.42 Å². The van der Waals surface area contributed by atoms with Crippen molar-refractivity contribution in [3.8, 4) is 0 Å². The largest absolute Gasteiger partial charge is 0.322 e. The van der Waals surface area contributed by atoms with E-state index in [-0.39, 0.29) is 21.6 Å². The minimum atomic E-state index is -3.80. The summed E-state index contributed by atoms with van der Waals surface area (Å²) in [6.45, 7) is 3.84. The fraction of sp³-hybridized carbons (Fsp3) is 0.125. The van der Waals surface area contributed by atoms with Gasteiger partial charge in [-0.15, -0.1) is 0 Å². The Bertz CT molecular complexity index is 1410. The number of hydrogen-bond donors (Lipinski definition) is 2. The topological polar surface area (TPSA) is 113 Å². The Morgan fingerprint density at radius 2 is 1.42 bits per heavy atom. The number of anilines is 2. The van der Waals surface area contributed by atoms with Gasteiger partial charge in [0.1, 0.15) is 0 Å². The summed E-state index contributed by atoms with van der Waals surface area (Å²) >= 11 is 0. The van der Waals surface area contributed by atoms with E-state index in [1.54, 1.807) is 12.1 Å². The molecule has 0 radical (unpaired) electrons. The maximum absolute atomic E-state index is 12.7. The van der Waals surface area contributed by atoms with Crippen molar-refractivity contribution in [3.05, 3.63) is 88.5 Å². The Labute approximate surface area is 191 Å². The molecule has 0 aromatic heterocycles. The van der Waals surface area contributed by atoms with Crippen molar-refractivity contribution in [1.82, 2.24) is 4.90 Å². The number of rotatable bonds is 5. The minimum absolute atomic E-state index is 0.0448. The predicted octanol–water partition coefficient (Wildman–Crippen LogP) is 3.58. The molecule has 0 unspecified atom stereocenters. The Hall–Kier alpha value is -3.98. The highest BCUT2D eigenvalue weighted by Gasteiger charge is 2.33. The number of fused-ring (bicyclic) bond motifs is 1. The maximum atomic E-state index is 12.7. The molecule has 0 aliphatic carbocycles. The zero-order valence-corrected chi connectivity index (χ0v) is 19.0. The Morgan fingerprint density at radius 1 is 0.788 bits per heavy atom. The van der Waals surface area contributed by atoms with Gasteiger partial charge in [0.25, 0.3) is 27.7 Å². The van der Waals surface area contributed by atoms with Crippen LogP contribution in [0.15, 0.2) is 65.6 Å². The van der Waals surface area contributed by atoms with Gasteiger partial charge in [0.2, 0.25) is 0 Å². The summed E-state index contributed by atoms with van der Waals surface area (Å²) < 4.78 is 27.9. The number of aryl methyl sites for hydroxylation is 2. The third kappa shape index (κ3) is 4.22. The first-order valence-corrected chi connectivity index (χ1v) is 11.5. The lowest BCUT2D eigenvalue weighted by molar-refractivity contribution is 0.0693. The van der Waals surface area contributed by atoms with Gasteiger partial charge in [0, 0.05) is 24.0 Å². The van der Waals surface area contributed by atoms with Crippen LogP contribution in [0.5, 0.6) is 0 Å². The molecule has 1 heterocycles. The lowest BCUT2D eigenvalue weighted by Crippen LogP contribution is -2.24. The minimum Gasteiger partial charge on any atom is -0.322 e. The SMILES string of the molecule is Cc1ccc(NS(=O)(=O)c2ccc(NC(=O)c3ccc4c(c3)C(=O)N(C)C4=O)cc2)cc1C. The molecule has 1 aliphatic rings. The smallest absolute Gasteiger partial charge is 0.261 e. The summed E-state index contributed by atoms with van der Waals surface area (Å²) in [7, 11) is -2.42. The first kappa shape index (κ1) is 22.2. The van der Waals surface area contributed by atoms with E-state index in [4.69, 9.17) is 0 Å². The average molecular weight is 464 g/mol. The van der Waals surface area contributed by atoms with Gasteiger partial charge in [0.15, 0.2) is 0 Å². The highest BCUT2D eigenvalue weighted by molar-refractivity contribution is 7.92. The third-order valence-electron chi connectivity index (χ3n) is 5.53. The zero-order chi connectivity index (χ0) is 23.9. The highest BCUT2D eigenvalue weighted by atomic mass is 32.2. The maximum Gasteiger partial charge on any atom is 0.261 e. The first-order chi connectivity index (χ1) is 15.6. The molecule has 4 rings (SSSR count). The van der Waals surface area contributed by atoms with E-state index in [0.717, 1.165) is 16.0 Å². The first-order valence-electron chi connectivity index (χ1n) is 10.0. The summed E-state index contributed by atoms with van der Waals surface area (Å²) in [5.41, 5.74) is 3.51. The van der Waals surface area contributed by atoms with Crippen molar-refractivity contribution in [1.29, 1.82) is 0 Å². The fourth-order valence-electron chi connectivity index (χ4n) is 3.44. The molecule has 2 N–H and O–H groups in total. The number of carbonyl (C=O) groups excluding carboxylic acids is 3. The molecule has 0 bridgehead atoms. The van der Waals surface area contributed by atoms with E-state index in [2.05, 4.69) is 10.0 Å². The number of amides is 3. The number of benzene rings is 3. The number of sulfonamides is 1. The van der Waals surface area contributed by atoms with E-state index in [1.165, 1.54) is 49.5 Å². The highest BCUT2D eigenvalue weighted by Crippen LogP contribution is 2.24. The van der Waals surface area contributed by atoms with Crippen molar-refractivity contribution in [3.63, 3.8) is 0 Å². The van der Waals surface area contributed by atoms with E-state index in [0.29, 0.717) is 11.4 Å². The molecule has 8 nitrogen and oxygen atoms in total. The molecule has 9 heteroatoms. The number of hydrogen-bond acceptors (Lipinski definition) is 5. The van der Waals surface area contributed by atoms with Crippen LogP contribution < -0.4 is 10.0 Å². The third-order valence-corrected chi connectivity index (χ3v) is 6.93. The van der Waals surface area contributed by atoms with Crippen molar-refractivity contribution < 1.29 is 22.8 Å². The second-order valence-corrected chi connectivity index (χ2v) is 9.50. The Kier molecular flexibility index (Phi) is 5.51. The zero-order valence-electron chi connectivity index (χ0n) is 18.2. The van der Waals surface area contributed by atoms with Gasteiger partial charge in [-0.05, 0) is 79.6 Å². The lowest BCUT2D eigenvalue weighted by Gasteiger charge is -2.11. The van der Waals surface area contributed by atoms with E-state index in [1.807, 2.05) is 19.9 Å². The van der Waals surface area contributed by atoms with E-state index < -0.39 is 27.7 Å². The second kappa shape index (κ2) is 8.18. The van der Waals surface area contributed by atoms with Crippen LogP contribution in [0, 0.1) is 13.8 Å². The van der Waals surface area contributed by atoms with Gasteiger partial charge < -0.3 is 5.32 Å². The molecule has 0 spiro atoms. The van der Waals surface area contributed by atoms with Crippen LogP contribution in [0.1, 0.15) is 42.2 Å². The molecular formula is C24H21N3O5S. The van der Waals surface area contributed by atoms with Gasteiger partial charge >= 0.3 is 0 Å². The van der Waals surface area contributed by atoms with Crippen molar-refractivity contribution in [2.24, 2.45) is 0 Å². The second-order valence-electron chi connectivity index (χ2n) is 7.81. The lowest BCUT2D eigenvalue weighted by atomic mass is 10.1. The summed E-state index contributed by atoms with van der Waals surface area (Å²) in [4.78, 5) is 37.8. The van der Waals surface area contributed by atoms with Gasteiger partial charge in [0.05, 0.1) is 16.0 Å². The van der Waals surface area contributed by atoms with Gasteiger partial charge in [-0.1, -0.05) is 6.07 Å². The Balaban J connectivity index is 1.49. The average Bonchev–Trinajstić information content (AvgIpc) is 3.00. The normalized spacial score (nSPS) is 13.1. The molecule has 0 fully saturated rings. The van der Waals surface area contributed by atoms with Crippen molar-refractivity contribution in [2.75, 3.05) is 17.1 Å².